The number of amides is 2. The second kappa shape index (κ2) is 7.05. The standard InChI is InChI=1S/C19H23F3N2O3/c1-18(2)9-12(18)10-27-15-4-3-11(19(20,21)22)7-14(15)17(26)24-13-5-6-23-16(25)8-13/h3-4,7,12-13H,5-6,8-10H2,1-2H3,(H,23,25)(H,24,26). The smallest absolute Gasteiger partial charge is 0.416 e. The van der Waals surface area contributed by atoms with Crippen molar-refractivity contribution in [2.75, 3.05) is 13.2 Å². The Labute approximate surface area is 155 Å². The molecule has 0 radical (unpaired) electrons. The summed E-state index contributed by atoms with van der Waals surface area (Å²) >= 11 is 0. The summed E-state index contributed by atoms with van der Waals surface area (Å²) in [6, 6.07) is 2.51. The van der Waals surface area contributed by atoms with E-state index < -0.39 is 23.7 Å². The fourth-order valence-electron chi connectivity index (χ4n) is 3.23. The topological polar surface area (TPSA) is 67.4 Å². The van der Waals surface area contributed by atoms with Crippen molar-refractivity contribution in [2.45, 2.75) is 45.3 Å². The fraction of sp³-hybridized carbons (Fsp3) is 0.579. The van der Waals surface area contributed by atoms with E-state index in [0.29, 0.717) is 25.5 Å². The van der Waals surface area contributed by atoms with Gasteiger partial charge in [0.2, 0.25) is 5.91 Å². The number of ether oxygens (including phenoxy) is 1. The number of hydrogen-bond acceptors (Lipinski definition) is 3. The summed E-state index contributed by atoms with van der Waals surface area (Å²) < 4.78 is 44.9. The van der Waals surface area contributed by atoms with Crippen molar-refractivity contribution < 1.29 is 27.5 Å². The van der Waals surface area contributed by atoms with Crippen molar-refractivity contribution in [3.8, 4) is 5.75 Å². The molecule has 0 aromatic heterocycles. The van der Waals surface area contributed by atoms with Crippen molar-refractivity contribution in [1.29, 1.82) is 0 Å². The molecule has 3 rings (SSSR count). The number of hydrogen-bond donors (Lipinski definition) is 2. The van der Waals surface area contributed by atoms with E-state index in [0.717, 1.165) is 18.6 Å². The van der Waals surface area contributed by atoms with Crippen LogP contribution in [0.3, 0.4) is 0 Å². The summed E-state index contributed by atoms with van der Waals surface area (Å²) in [6.07, 6.45) is -2.94. The lowest BCUT2D eigenvalue weighted by Crippen LogP contribution is -2.45. The van der Waals surface area contributed by atoms with Crippen molar-refractivity contribution in [1.82, 2.24) is 10.6 Å². The molecule has 5 nitrogen and oxygen atoms in total. The van der Waals surface area contributed by atoms with Gasteiger partial charge in [-0.3, -0.25) is 9.59 Å². The van der Waals surface area contributed by atoms with E-state index >= 15 is 0 Å². The van der Waals surface area contributed by atoms with Crippen molar-refractivity contribution in [2.24, 2.45) is 11.3 Å². The lowest BCUT2D eigenvalue weighted by molar-refractivity contribution is -0.137. The van der Waals surface area contributed by atoms with Gasteiger partial charge in [-0.1, -0.05) is 13.8 Å². The van der Waals surface area contributed by atoms with E-state index in [-0.39, 0.29) is 29.1 Å². The van der Waals surface area contributed by atoms with Crippen LogP contribution in [0.2, 0.25) is 0 Å². The number of halogens is 3. The fourth-order valence-corrected chi connectivity index (χ4v) is 3.23. The molecule has 1 aromatic rings. The number of carbonyl (C=O) groups is 2. The highest BCUT2D eigenvalue weighted by Gasteiger charge is 2.46. The van der Waals surface area contributed by atoms with Crippen LogP contribution in [-0.4, -0.2) is 31.0 Å². The van der Waals surface area contributed by atoms with Crippen molar-refractivity contribution >= 4 is 11.8 Å². The highest BCUT2D eigenvalue weighted by atomic mass is 19.4. The number of nitrogens with one attached hydrogen (secondary N) is 2. The normalized spacial score (nSPS) is 24.1. The molecule has 1 aliphatic carbocycles. The molecule has 1 aliphatic heterocycles. The molecule has 1 saturated heterocycles. The van der Waals surface area contributed by atoms with Crippen LogP contribution >= 0.6 is 0 Å². The van der Waals surface area contributed by atoms with Gasteiger partial charge in [-0.05, 0) is 42.4 Å². The Kier molecular flexibility index (Phi) is 5.10. The molecule has 2 unspecified atom stereocenters. The summed E-state index contributed by atoms with van der Waals surface area (Å²) in [4.78, 5) is 24.1. The third-order valence-electron chi connectivity index (χ3n) is 5.29. The molecule has 8 heteroatoms. The minimum atomic E-state index is -4.56. The van der Waals surface area contributed by atoms with Crippen LogP contribution in [0.4, 0.5) is 13.2 Å². The molecule has 2 fully saturated rings. The average molecular weight is 384 g/mol. The zero-order valence-electron chi connectivity index (χ0n) is 15.3. The number of rotatable bonds is 5. The number of carbonyl (C=O) groups excluding carboxylic acids is 2. The van der Waals surface area contributed by atoms with Gasteiger partial charge in [0.1, 0.15) is 5.75 Å². The van der Waals surface area contributed by atoms with Gasteiger partial charge in [-0.15, -0.1) is 0 Å². The minimum absolute atomic E-state index is 0.108. The highest BCUT2D eigenvalue weighted by molar-refractivity contribution is 5.97. The van der Waals surface area contributed by atoms with Gasteiger partial charge in [0.05, 0.1) is 17.7 Å². The molecule has 27 heavy (non-hydrogen) atoms. The zero-order valence-corrected chi connectivity index (χ0v) is 15.3. The predicted molar refractivity (Wildman–Crippen MR) is 92.3 cm³/mol. The molecule has 2 amide bonds. The molecule has 0 spiro atoms. The van der Waals surface area contributed by atoms with E-state index in [1.165, 1.54) is 6.07 Å². The lowest BCUT2D eigenvalue weighted by atomic mass is 10.0. The van der Waals surface area contributed by atoms with Gasteiger partial charge in [-0.2, -0.15) is 13.2 Å². The molecule has 1 heterocycles. The Bertz CT molecular complexity index is 746. The first-order chi connectivity index (χ1) is 12.6. The SMILES string of the molecule is CC1(C)CC1COc1ccc(C(F)(F)F)cc1C(=O)NC1CCNC(=O)C1. The maximum atomic E-state index is 13.1. The van der Waals surface area contributed by atoms with E-state index in [4.69, 9.17) is 4.74 Å². The van der Waals surface area contributed by atoms with Gasteiger partial charge < -0.3 is 15.4 Å². The monoisotopic (exact) mass is 384 g/mol. The Morgan fingerprint density at radius 3 is 2.67 bits per heavy atom. The van der Waals surface area contributed by atoms with E-state index in [9.17, 15) is 22.8 Å². The quantitative estimate of drug-likeness (QED) is 0.820. The molecular weight excluding hydrogens is 361 g/mol. The largest absolute Gasteiger partial charge is 0.492 e. The van der Waals surface area contributed by atoms with Gasteiger partial charge >= 0.3 is 6.18 Å². The summed E-state index contributed by atoms with van der Waals surface area (Å²) in [7, 11) is 0. The first kappa shape index (κ1) is 19.5. The van der Waals surface area contributed by atoms with Gasteiger partial charge in [0.25, 0.3) is 5.91 Å². The summed E-state index contributed by atoms with van der Waals surface area (Å²) in [5.41, 5.74) is -0.911. The zero-order chi connectivity index (χ0) is 19.8. The Hall–Kier alpha value is -2.25. The van der Waals surface area contributed by atoms with Crippen LogP contribution in [0.15, 0.2) is 18.2 Å². The number of benzene rings is 1. The summed E-state index contributed by atoms with van der Waals surface area (Å²) in [5.74, 6) is -0.407. The average Bonchev–Trinajstić information content (AvgIpc) is 3.18. The Balaban J connectivity index is 1.78. The first-order valence-electron chi connectivity index (χ1n) is 8.98. The van der Waals surface area contributed by atoms with Crippen LogP contribution in [0, 0.1) is 11.3 Å². The molecule has 2 aliphatic rings. The number of piperidine rings is 1. The Morgan fingerprint density at radius 1 is 1.37 bits per heavy atom. The van der Waals surface area contributed by atoms with Gasteiger partial charge in [-0.25, -0.2) is 0 Å². The predicted octanol–water partition coefficient (Wildman–Crippen LogP) is 3.14. The van der Waals surface area contributed by atoms with Crippen LogP contribution in [-0.2, 0) is 11.0 Å². The van der Waals surface area contributed by atoms with E-state index in [2.05, 4.69) is 24.5 Å². The molecule has 148 valence electrons. The second-order valence-corrected chi connectivity index (χ2v) is 7.92. The van der Waals surface area contributed by atoms with Crippen molar-refractivity contribution in [3.63, 3.8) is 0 Å². The van der Waals surface area contributed by atoms with E-state index in [1.807, 2.05) is 0 Å². The second-order valence-electron chi connectivity index (χ2n) is 7.92. The third kappa shape index (κ3) is 4.73. The lowest BCUT2D eigenvalue weighted by Gasteiger charge is -2.24. The molecule has 2 N–H and O–H groups in total. The third-order valence-corrected chi connectivity index (χ3v) is 5.29. The maximum Gasteiger partial charge on any atom is 0.416 e. The van der Waals surface area contributed by atoms with Crippen LogP contribution in [0.25, 0.3) is 0 Å². The number of alkyl halides is 3. The first-order valence-corrected chi connectivity index (χ1v) is 8.98. The molecule has 2 atom stereocenters. The molecule has 1 aromatic carbocycles. The molecular formula is C19H23F3N2O3. The van der Waals surface area contributed by atoms with Crippen molar-refractivity contribution in [3.05, 3.63) is 29.3 Å². The highest BCUT2D eigenvalue weighted by Crippen LogP contribution is 2.51. The van der Waals surface area contributed by atoms with Gasteiger partial charge in [0.15, 0.2) is 0 Å². The van der Waals surface area contributed by atoms with Crippen LogP contribution in [0.1, 0.15) is 49.0 Å². The molecule has 0 bridgehead atoms. The van der Waals surface area contributed by atoms with Gasteiger partial charge in [0, 0.05) is 19.0 Å². The van der Waals surface area contributed by atoms with Crippen LogP contribution < -0.4 is 15.4 Å². The van der Waals surface area contributed by atoms with Crippen LogP contribution in [0.5, 0.6) is 5.75 Å². The maximum absolute atomic E-state index is 13.1. The summed E-state index contributed by atoms with van der Waals surface area (Å²) in [6.45, 7) is 4.96. The summed E-state index contributed by atoms with van der Waals surface area (Å²) in [5, 5.41) is 5.31. The minimum Gasteiger partial charge on any atom is -0.492 e. The van der Waals surface area contributed by atoms with E-state index in [1.54, 1.807) is 0 Å². The molecule has 1 saturated carbocycles. The Morgan fingerprint density at radius 2 is 2.07 bits per heavy atom.